The van der Waals surface area contributed by atoms with Crippen LogP contribution in [0, 0.1) is 11.8 Å². The molecule has 1 aliphatic rings. The zero-order chi connectivity index (χ0) is 26.7. The number of hydrogen-bond donors (Lipinski definition) is 2. The molecule has 0 saturated carbocycles. The number of nitrogen functional groups attached to an aromatic ring is 1. The maximum absolute atomic E-state index is 13.4. The van der Waals surface area contributed by atoms with E-state index in [0.29, 0.717) is 37.9 Å². The van der Waals surface area contributed by atoms with Gasteiger partial charge in [-0.25, -0.2) is 4.68 Å². The number of halogens is 3. The van der Waals surface area contributed by atoms with Gasteiger partial charge in [0.15, 0.2) is 0 Å². The van der Waals surface area contributed by atoms with Crippen LogP contribution in [0.4, 0.5) is 19.0 Å². The van der Waals surface area contributed by atoms with E-state index in [1.807, 2.05) is 0 Å². The molecule has 0 radical (unpaired) electrons. The van der Waals surface area contributed by atoms with E-state index in [4.69, 9.17) is 11.5 Å². The number of alkyl halides is 3. The van der Waals surface area contributed by atoms with Crippen LogP contribution in [0.1, 0.15) is 53.7 Å². The number of rotatable bonds is 5. The third-order valence-corrected chi connectivity index (χ3v) is 6.32. The van der Waals surface area contributed by atoms with Crippen molar-refractivity contribution < 1.29 is 22.8 Å². The van der Waals surface area contributed by atoms with Gasteiger partial charge in [-0.2, -0.15) is 23.4 Å². The Morgan fingerprint density at radius 2 is 1.95 bits per heavy atom. The van der Waals surface area contributed by atoms with Crippen LogP contribution < -0.4 is 11.5 Å². The first-order valence-electron chi connectivity index (χ1n) is 11.7. The van der Waals surface area contributed by atoms with Crippen LogP contribution in [0.25, 0.3) is 11.3 Å². The Kier molecular flexibility index (Phi) is 7.24. The standard InChI is InChI=1S/C25H26F3N7O2/c1-2-6-20(36)33-11-5-8-18(10-12-33)35-23(29)21(24(30)37)22(32-35)17-13-31-34(15-17)14-16-7-3-4-9-19(16)25(26,27)28/h3-4,7,9,13,15,18H,5,8,10-12,14,29H2,1H3,(H2,30,37)/t18-/m0/s1. The minimum Gasteiger partial charge on any atom is -0.383 e. The average molecular weight is 514 g/mol. The molecule has 0 unspecified atom stereocenters. The smallest absolute Gasteiger partial charge is 0.383 e. The van der Waals surface area contributed by atoms with Crippen molar-refractivity contribution in [2.24, 2.45) is 5.73 Å². The number of primary amides is 1. The first kappa shape index (κ1) is 25.8. The Morgan fingerprint density at radius 1 is 1.19 bits per heavy atom. The highest BCUT2D eigenvalue weighted by Gasteiger charge is 2.33. The minimum absolute atomic E-state index is 0.0178. The molecule has 9 nitrogen and oxygen atoms in total. The summed E-state index contributed by atoms with van der Waals surface area (Å²) in [4.78, 5) is 26.2. The Hall–Kier alpha value is -4.27. The van der Waals surface area contributed by atoms with Crippen LogP contribution in [0.2, 0.25) is 0 Å². The molecule has 2 aromatic heterocycles. The number of likely N-dealkylation sites (tertiary alicyclic amines) is 1. The van der Waals surface area contributed by atoms with Gasteiger partial charge < -0.3 is 16.4 Å². The van der Waals surface area contributed by atoms with E-state index in [1.165, 1.54) is 35.3 Å². The lowest BCUT2D eigenvalue weighted by Crippen LogP contribution is -2.31. The quantitative estimate of drug-likeness (QED) is 0.508. The van der Waals surface area contributed by atoms with E-state index < -0.39 is 17.6 Å². The summed E-state index contributed by atoms with van der Waals surface area (Å²) in [7, 11) is 0. The van der Waals surface area contributed by atoms with Gasteiger partial charge in [0, 0.05) is 24.8 Å². The van der Waals surface area contributed by atoms with Crippen molar-refractivity contribution in [3.63, 3.8) is 0 Å². The van der Waals surface area contributed by atoms with Gasteiger partial charge in [-0.15, -0.1) is 0 Å². The van der Waals surface area contributed by atoms with Gasteiger partial charge in [-0.05, 0) is 43.7 Å². The van der Waals surface area contributed by atoms with E-state index >= 15 is 0 Å². The highest BCUT2D eigenvalue weighted by Crippen LogP contribution is 2.34. The second kappa shape index (κ2) is 10.4. The molecule has 3 aromatic rings. The van der Waals surface area contributed by atoms with E-state index in [1.54, 1.807) is 16.5 Å². The summed E-state index contributed by atoms with van der Waals surface area (Å²) in [5, 5.41) is 8.75. The first-order chi connectivity index (χ1) is 17.6. The van der Waals surface area contributed by atoms with Crippen LogP contribution in [0.15, 0.2) is 36.7 Å². The van der Waals surface area contributed by atoms with Gasteiger partial charge in [0.05, 0.1) is 24.3 Å². The van der Waals surface area contributed by atoms with Crippen LogP contribution in [0.5, 0.6) is 0 Å². The van der Waals surface area contributed by atoms with Gasteiger partial charge in [-0.1, -0.05) is 24.1 Å². The molecule has 194 valence electrons. The summed E-state index contributed by atoms with van der Waals surface area (Å²) in [5.41, 5.74) is 11.9. The number of carbonyl (C=O) groups excluding carboxylic acids is 2. The molecule has 37 heavy (non-hydrogen) atoms. The van der Waals surface area contributed by atoms with E-state index in [9.17, 15) is 22.8 Å². The molecule has 0 spiro atoms. The second-order valence-corrected chi connectivity index (χ2v) is 8.75. The second-order valence-electron chi connectivity index (χ2n) is 8.75. The monoisotopic (exact) mass is 513 g/mol. The number of aromatic nitrogens is 4. The van der Waals surface area contributed by atoms with Gasteiger partial charge >= 0.3 is 6.18 Å². The van der Waals surface area contributed by atoms with Gasteiger partial charge in [0.2, 0.25) is 0 Å². The molecule has 3 heterocycles. The SMILES string of the molecule is CC#CC(=O)N1CCC[C@H](n2nc(-c3cnn(Cc4ccccc4C(F)(F)F)c3)c(C(N)=O)c2N)CC1. The summed E-state index contributed by atoms with van der Waals surface area (Å²) in [6.45, 7) is 2.47. The topological polar surface area (TPSA) is 125 Å². The fourth-order valence-corrected chi connectivity index (χ4v) is 4.56. The minimum atomic E-state index is -4.50. The largest absolute Gasteiger partial charge is 0.416 e. The normalized spacial score (nSPS) is 16.1. The van der Waals surface area contributed by atoms with Gasteiger partial charge in [0.25, 0.3) is 11.8 Å². The predicted molar refractivity (Wildman–Crippen MR) is 130 cm³/mol. The van der Waals surface area contributed by atoms with E-state index in [0.717, 1.165) is 6.07 Å². The zero-order valence-electron chi connectivity index (χ0n) is 20.1. The van der Waals surface area contributed by atoms with Crippen molar-refractivity contribution in [2.45, 2.75) is 44.9 Å². The summed E-state index contributed by atoms with van der Waals surface area (Å²) < 4.78 is 43.0. The lowest BCUT2D eigenvalue weighted by atomic mass is 10.1. The number of hydrogen-bond acceptors (Lipinski definition) is 5. The highest BCUT2D eigenvalue weighted by molar-refractivity contribution is 6.03. The molecule has 4 rings (SSSR count). The number of benzene rings is 1. The van der Waals surface area contributed by atoms with E-state index in [2.05, 4.69) is 22.0 Å². The Morgan fingerprint density at radius 3 is 2.65 bits per heavy atom. The maximum atomic E-state index is 13.4. The van der Waals surface area contributed by atoms with Crippen molar-refractivity contribution in [2.75, 3.05) is 18.8 Å². The van der Waals surface area contributed by atoms with Crippen LogP contribution >= 0.6 is 0 Å². The fraction of sp³-hybridized carbons (Fsp3) is 0.360. The third-order valence-electron chi connectivity index (χ3n) is 6.32. The summed E-state index contributed by atoms with van der Waals surface area (Å²) in [6, 6.07) is 5.07. The molecular formula is C25H26F3N7O2. The Balaban J connectivity index is 1.62. The summed E-state index contributed by atoms with van der Waals surface area (Å²) in [6.07, 6.45) is 0.322. The Labute approximate surface area is 211 Å². The van der Waals surface area contributed by atoms with Crippen LogP contribution in [-0.4, -0.2) is 49.4 Å². The predicted octanol–water partition coefficient (Wildman–Crippen LogP) is 3.07. The molecule has 1 atom stereocenters. The van der Waals surface area contributed by atoms with Crippen molar-refractivity contribution in [3.05, 3.63) is 53.3 Å². The zero-order valence-corrected chi connectivity index (χ0v) is 20.1. The molecule has 1 aromatic carbocycles. The van der Waals surface area contributed by atoms with Crippen molar-refractivity contribution in [1.82, 2.24) is 24.5 Å². The molecule has 1 fully saturated rings. The fourth-order valence-electron chi connectivity index (χ4n) is 4.56. The van der Waals surface area contributed by atoms with Crippen LogP contribution in [0.3, 0.4) is 0 Å². The number of nitrogens with zero attached hydrogens (tertiary/aromatic N) is 5. The number of amides is 2. The molecule has 12 heteroatoms. The molecule has 1 aliphatic heterocycles. The highest BCUT2D eigenvalue weighted by atomic mass is 19.4. The maximum Gasteiger partial charge on any atom is 0.416 e. The lowest BCUT2D eigenvalue weighted by molar-refractivity contribution is -0.138. The number of anilines is 1. The van der Waals surface area contributed by atoms with Crippen molar-refractivity contribution in [1.29, 1.82) is 0 Å². The van der Waals surface area contributed by atoms with Gasteiger partial charge in [-0.3, -0.25) is 14.3 Å². The van der Waals surface area contributed by atoms with Crippen molar-refractivity contribution in [3.8, 4) is 23.1 Å². The van der Waals surface area contributed by atoms with Crippen molar-refractivity contribution >= 4 is 17.6 Å². The molecule has 0 bridgehead atoms. The first-order valence-corrected chi connectivity index (χ1v) is 11.7. The molecule has 0 aliphatic carbocycles. The van der Waals surface area contributed by atoms with E-state index in [-0.39, 0.29) is 41.1 Å². The lowest BCUT2D eigenvalue weighted by Gasteiger charge is -2.18. The summed E-state index contributed by atoms with van der Waals surface area (Å²) >= 11 is 0. The molecule has 4 N–H and O–H groups in total. The summed E-state index contributed by atoms with van der Waals surface area (Å²) in [5.74, 6) is 4.23. The average Bonchev–Trinajstić information content (AvgIpc) is 3.34. The molecule has 2 amide bonds. The third kappa shape index (κ3) is 5.45. The van der Waals surface area contributed by atoms with Crippen LogP contribution in [-0.2, 0) is 17.5 Å². The number of nitrogens with two attached hydrogens (primary N) is 2. The molecular weight excluding hydrogens is 487 g/mol. The number of carbonyl (C=O) groups is 2. The Bertz CT molecular complexity index is 1380. The van der Waals surface area contributed by atoms with Gasteiger partial charge in [0.1, 0.15) is 17.1 Å². The molecule has 1 saturated heterocycles.